The number of benzene rings is 1. The van der Waals surface area contributed by atoms with Crippen LogP contribution in [0.1, 0.15) is 5.56 Å². The van der Waals surface area contributed by atoms with Crippen LogP contribution in [0, 0.1) is 0 Å². The number of thioether (sulfide) groups is 1. The zero-order chi connectivity index (χ0) is 11.1. The highest BCUT2D eigenvalue weighted by molar-refractivity contribution is 7.98. The second-order valence-corrected chi connectivity index (χ2v) is 4.25. The average molecular weight is 226 g/mol. The van der Waals surface area contributed by atoms with Gasteiger partial charge in [-0.2, -0.15) is 11.8 Å². The Balaban J connectivity index is 2.69. The van der Waals surface area contributed by atoms with Crippen LogP contribution < -0.4 is 16.0 Å². The zero-order valence-corrected chi connectivity index (χ0v) is 10.0. The molecule has 3 N–H and O–H groups in total. The van der Waals surface area contributed by atoms with Crippen molar-refractivity contribution in [3.63, 3.8) is 0 Å². The highest BCUT2D eigenvalue weighted by Crippen LogP contribution is 2.19. The fraction of sp³-hybridized carbons (Fsp3) is 0.455. The molecule has 1 aromatic rings. The van der Waals surface area contributed by atoms with E-state index >= 15 is 0 Å². The number of nitrogens with one attached hydrogen (secondary N) is 1. The Bertz CT molecular complexity index is 294. The molecule has 0 aliphatic carbocycles. The van der Waals surface area contributed by atoms with E-state index in [1.54, 1.807) is 18.9 Å². The lowest BCUT2D eigenvalue weighted by atomic mass is 10.1. The lowest BCUT2D eigenvalue weighted by Gasteiger charge is -2.16. The molecule has 1 unspecified atom stereocenters. The van der Waals surface area contributed by atoms with Crippen molar-refractivity contribution in [1.82, 2.24) is 5.43 Å². The van der Waals surface area contributed by atoms with Crippen molar-refractivity contribution in [2.45, 2.75) is 12.5 Å². The number of nitrogens with two attached hydrogens (primary N) is 1. The van der Waals surface area contributed by atoms with Crippen molar-refractivity contribution >= 4 is 11.8 Å². The highest BCUT2D eigenvalue weighted by atomic mass is 32.2. The van der Waals surface area contributed by atoms with Crippen molar-refractivity contribution in [2.75, 3.05) is 19.1 Å². The maximum atomic E-state index is 5.49. The van der Waals surface area contributed by atoms with Crippen molar-refractivity contribution in [3.05, 3.63) is 29.8 Å². The van der Waals surface area contributed by atoms with Gasteiger partial charge in [0, 0.05) is 11.8 Å². The van der Waals surface area contributed by atoms with Gasteiger partial charge in [0.2, 0.25) is 0 Å². The molecule has 0 bridgehead atoms. The maximum absolute atomic E-state index is 5.49. The molecule has 0 aliphatic rings. The molecule has 3 nitrogen and oxygen atoms in total. The van der Waals surface area contributed by atoms with Crippen LogP contribution in [-0.2, 0) is 6.42 Å². The Morgan fingerprint density at radius 2 is 2.20 bits per heavy atom. The van der Waals surface area contributed by atoms with Crippen LogP contribution in [0.3, 0.4) is 0 Å². The smallest absolute Gasteiger partial charge is 0.122 e. The van der Waals surface area contributed by atoms with Crippen LogP contribution >= 0.6 is 11.8 Å². The topological polar surface area (TPSA) is 47.3 Å². The molecule has 0 heterocycles. The van der Waals surface area contributed by atoms with E-state index in [4.69, 9.17) is 10.6 Å². The molecule has 0 aromatic heterocycles. The Morgan fingerprint density at radius 1 is 1.47 bits per heavy atom. The van der Waals surface area contributed by atoms with Gasteiger partial charge in [-0.15, -0.1) is 0 Å². The first-order valence-electron chi connectivity index (χ1n) is 4.88. The summed E-state index contributed by atoms with van der Waals surface area (Å²) in [5.41, 5.74) is 4.02. The Hall–Kier alpha value is -0.710. The Kier molecular flexibility index (Phi) is 5.53. The van der Waals surface area contributed by atoms with E-state index < -0.39 is 0 Å². The van der Waals surface area contributed by atoms with E-state index in [9.17, 15) is 0 Å². The predicted molar refractivity (Wildman–Crippen MR) is 66.2 cm³/mol. The zero-order valence-electron chi connectivity index (χ0n) is 9.19. The minimum Gasteiger partial charge on any atom is -0.496 e. The van der Waals surface area contributed by atoms with E-state index in [0.29, 0.717) is 0 Å². The first-order chi connectivity index (χ1) is 7.31. The van der Waals surface area contributed by atoms with E-state index in [2.05, 4.69) is 17.7 Å². The lowest BCUT2D eigenvalue weighted by Crippen LogP contribution is -2.38. The van der Waals surface area contributed by atoms with Crippen LogP contribution in [0.5, 0.6) is 5.75 Å². The molecule has 1 rings (SSSR count). The maximum Gasteiger partial charge on any atom is 0.122 e. The van der Waals surface area contributed by atoms with Crippen molar-refractivity contribution in [1.29, 1.82) is 0 Å². The standard InChI is InChI=1S/C11H18N2OS/c1-14-11-6-4-3-5-9(11)7-10(13-12)8-15-2/h3-6,10,13H,7-8,12H2,1-2H3. The molecule has 4 heteroatoms. The van der Waals surface area contributed by atoms with E-state index in [-0.39, 0.29) is 6.04 Å². The molecule has 1 atom stereocenters. The molecular weight excluding hydrogens is 208 g/mol. The van der Waals surface area contributed by atoms with Crippen molar-refractivity contribution < 1.29 is 4.74 Å². The van der Waals surface area contributed by atoms with Gasteiger partial charge in [-0.05, 0) is 24.3 Å². The van der Waals surface area contributed by atoms with Gasteiger partial charge in [0.05, 0.1) is 7.11 Å². The van der Waals surface area contributed by atoms with Gasteiger partial charge in [0.1, 0.15) is 5.75 Å². The summed E-state index contributed by atoms with van der Waals surface area (Å²) in [7, 11) is 1.69. The second kappa shape index (κ2) is 6.71. The minimum absolute atomic E-state index is 0.288. The summed E-state index contributed by atoms with van der Waals surface area (Å²) in [6, 6.07) is 8.33. The Morgan fingerprint density at radius 3 is 2.80 bits per heavy atom. The van der Waals surface area contributed by atoms with Gasteiger partial charge >= 0.3 is 0 Å². The molecule has 0 aliphatic heterocycles. The molecule has 0 fully saturated rings. The Labute approximate surface area is 95.4 Å². The van der Waals surface area contributed by atoms with Gasteiger partial charge < -0.3 is 4.74 Å². The number of hydrazine groups is 1. The molecule has 1 aromatic carbocycles. The number of para-hydroxylation sites is 1. The lowest BCUT2D eigenvalue weighted by molar-refractivity contribution is 0.406. The molecule has 0 amide bonds. The van der Waals surface area contributed by atoms with Gasteiger partial charge in [-0.1, -0.05) is 18.2 Å². The summed E-state index contributed by atoms with van der Waals surface area (Å²) >= 11 is 1.78. The molecular formula is C11H18N2OS. The molecule has 0 radical (unpaired) electrons. The molecule has 84 valence electrons. The summed E-state index contributed by atoms with van der Waals surface area (Å²) < 4.78 is 5.29. The van der Waals surface area contributed by atoms with Crippen molar-refractivity contribution in [3.8, 4) is 5.75 Å². The third-order valence-corrected chi connectivity index (χ3v) is 3.00. The third-order valence-electron chi connectivity index (χ3n) is 2.26. The van der Waals surface area contributed by atoms with E-state index in [1.165, 1.54) is 5.56 Å². The van der Waals surface area contributed by atoms with Crippen molar-refractivity contribution in [2.24, 2.45) is 5.84 Å². The van der Waals surface area contributed by atoms with Crippen LogP contribution in [0.2, 0.25) is 0 Å². The largest absolute Gasteiger partial charge is 0.496 e. The van der Waals surface area contributed by atoms with E-state index in [1.807, 2.05) is 18.2 Å². The molecule has 0 spiro atoms. The fourth-order valence-electron chi connectivity index (χ4n) is 1.50. The highest BCUT2D eigenvalue weighted by Gasteiger charge is 2.09. The van der Waals surface area contributed by atoms with Crippen LogP contribution in [-0.4, -0.2) is 25.2 Å². The number of rotatable bonds is 6. The van der Waals surface area contributed by atoms with Crippen LogP contribution in [0.4, 0.5) is 0 Å². The first kappa shape index (κ1) is 12.4. The van der Waals surface area contributed by atoms with Crippen LogP contribution in [0.25, 0.3) is 0 Å². The van der Waals surface area contributed by atoms with Crippen LogP contribution in [0.15, 0.2) is 24.3 Å². The second-order valence-electron chi connectivity index (χ2n) is 3.33. The molecule has 0 saturated heterocycles. The average Bonchev–Trinajstić information content (AvgIpc) is 2.29. The monoisotopic (exact) mass is 226 g/mol. The number of hydrogen-bond donors (Lipinski definition) is 2. The summed E-state index contributed by atoms with van der Waals surface area (Å²) in [6.07, 6.45) is 2.97. The normalized spacial score (nSPS) is 12.5. The third kappa shape index (κ3) is 3.74. The van der Waals surface area contributed by atoms with Gasteiger partial charge in [0.25, 0.3) is 0 Å². The van der Waals surface area contributed by atoms with Gasteiger partial charge in [-0.3, -0.25) is 11.3 Å². The summed E-state index contributed by atoms with van der Waals surface area (Å²) in [6.45, 7) is 0. The van der Waals surface area contributed by atoms with E-state index in [0.717, 1.165) is 17.9 Å². The molecule has 15 heavy (non-hydrogen) atoms. The number of ether oxygens (including phenoxy) is 1. The number of methoxy groups -OCH3 is 1. The van der Waals surface area contributed by atoms with Gasteiger partial charge in [-0.25, -0.2) is 0 Å². The number of hydrogen-bond acceptors (Lipinski definition) is 4. The quantitative estimate of drug-likeness (QED) is 0.569. The fourth-order valence-corrected chi connectivity index (χ4v) is 2.12. The minimum atomic E-state index is 0.288. The summed E-state index contributed by atoms with van der Waals surface area (Å²) in [5, 5.41) is 0. The summed E-state index contributed by atoms with van der Waals surface area (Å²) in [5.74, 6) is 7.42. The first-order valence-corrected chi connectivity index (χ1v) is 6.28. The predicted octanol–water partition coefficient (Wildman–Crippen LogP) is 1.43. The van der Waals surface area contributed by atoms with Gasteiger partial charge in [0.15, 0.2) is 0 Å². The molecule has 0 saturated carbocycles. The SMILES string of the molecule is COc1ccccc1CC(CSC)NN. The summed E-state index contributed by atoms with van der Waals surface area (Å²) in [4.78, 5) is 0.